The predicted octanol–water partition coefficient (Wildman–Crippen LogP) is 2.98. The molecule has 0 bridgehead atoms. The molecule has 2 atom stereocenters. The Bertz CT molecular complexity index is 311. The van der Waals surface area contributed by atoms with Gasteiger partial charge in [-0.3, -0.25) is 4.79 Å². The number of methoxy groups -OCH3 is 1. The number of carbonyl (C=O) groups excluding carboxylic acids is 1. The Hall–Kier alpha value is -0.960. The van der Waals surface area contributed by atoms with E-state index in [9.17, 15) is 4.79 Å². The fraction of sp³-hybridized carbons (Fsp3) is 0.417. The number of thioether (sulfide) groups is 1. The van der Waals surface area contributed by atoms with Crippen LogP contribution >= 0.6 is 11.8 Å². The van der Waals surface area contributed by atoms with Crippen LogP contribution in [-0.4, -0.2) is 18.3 Å². The minimum absolute atomic E-state index is 0.0831. The highest BCUT2D eigenvalue weighted by molar-refractivity contribution is 8.00. The highest BCUT2D eigenvalue weighted by Gasteiger charge is 2.21. The van der Waals surface area contributed by atoms with E-state index in [4.69, 9.17) is 4.74 Å². The van der Waals surface area contributed by atoms with Gasteiger partial charge in [-0.05, 0) is 12.1 Å². The third kappa shape index (κ3) is 3.59. The van der Waals surface area contributed by atoms with Gasteiger partial charge < -0.3 is 4.74 Å². The van der Waals surface area contributed by atoms with Gasteiger partial charge in [0, 0.05) is 10.1 Å². The number of carbonyl (C=O) groups is 1. The Labute approximate surface area is 95.0 Å². The predicted molar refractivity (Wildman–Crippen MR) is 62.9 cm³/mol. The zero-order valence-electron chi connectivity index (χ0n) is 9.27. The smallest absolute Gasteiger partial charge is 0.309 e. The first kappa shape index (κ1) is 12.1. The summed E-state index contributed by atoms with van der Waals surface area (Å²) in [6, 6.07) is 10.1. The lowest BCUT2D eigenvalue weighted by Gasteiger charge is -2.16. The van der Waals surface area contributed by atoms with Crippen LogP contribution in [0.4, 0.5) is 0 Å². The van der Waals surface area contributed by atoms with Crippen molar-refractivity contribution < 1.29 is 9.53 Å². The molecule has 3 heteroatoms. The van der Waals surface area contributed by atoms with Gasteiger partial charge in [-0.25, -0.2) is 0 Å². The first-order valence-electron chi connectivity index (χ1n) is 4.94. The maximum Gasteiger partial charge on any atom is 0.309 e. The molecule has 1 aromatic rings. The molecule has 0 fully saturated rings. The average molecular weight is 224 g/mol. The molecule has 0 N–H and O–H groups in total. The molecule has 1 rings (SSSR count). The second-order valence-corrected chi connectivity index (χ2v) is 4.90. The van der Waals surface area contributed by atoms with E-state index in [0.29, 0.717) is 0 Å². The zero-order valence-corrected chi connectivity index (χ0v) is 10.1. The normalized spacial score (nSPS) is 14.3. The number of hydrogen-bond acceptors (Lipinski definition) is 3. The van der Waals surface area contributed by atoms with E-state index >= 15 is 0 Å². The van der Waals surface area contributed by atoms with Gasteiger partial charge >= 0.3 is 5.97 Å². The van der Waals surface area contributed by atoms with E-state index in [1.54, 1.807) is 11.8 Å². The van der Waals surface area contributed by atoms with Crippen molar-refractivity contribution in [3.8, 4) is 0 Å². The standard InChI is InChI=1S/C12H16O2S/c1-9(12(13)14-3)10(2)15-11-7-5-4-6-8-11/h4-10H,1-3H3. The molecule has 15 heavy (non-hydrogen) atoms. The zero-order chi connectivity index (χ0) is 11.3. The van der Waals surface area contributed by atoms with Gasteiger partial charge in [-0.1, -0.05) is 32.0 Å². The number of ether oxygens (including phenoxy) is 1. The lowest BCUT2D eigenvalue weighted by molar-refractivity contribution is -0.144. The average Bonchev–Trinajstić information content (AvgIpc) is 2.28. The van der Waals surface area contributed by atoms with Crippen molar-refractivity contribution in [2.75, 3.05) is 7.11 Å². The van der Waals surface area contributed by atoms with Crippen LogP contribution in [0.15, 0.2) is 35.2 Å². The molecule has 0 aliphatic carbocycles. The molecule has 82 valence electrons. The number of benzene rings is 1. The quantitative estimate of drug-likeness (QED) is 0.581. The first-order valence-corrected chi connectivity index (χ1v) is 5.82. The van der Waals surface area contributed by atoms with Crippen LogP contribution in [0.5, 0.6) is 0 Å². The van der Waals surface area contributed by atoms with Crippen LogP contribution in [0, 0.1) is 5.92 Å². The van der Waals surface area contributed by atoms with E-state index in [1.165, 1.54) is 12.0 Å². The van der Waals surface area contributed by atoms with Gasteiger partial charge in [0.2, 0.25) is 0 Å². The minimum atomic E-state index is -0.147. The number of esters is 1. The first-order chi connectivity index (χ1) is 7.15. The van der Waals surface area contributed by atoms with E-state index in [1.807, 2.05) is 44.2 Å². The maximum atomic E-state index is 11.3. The van der Waals surface area contributed by atoms with Gasteiger partial charge in [0.05, 0.1) is 13.0 Å². The van der Waals surface area contributed by atoms with Gasteiger partial charge in [-0.2, -0.15) is 0 Å². The molecule has 0 aliphatic heterocycles. The molecule has 0 saturated heterocycles. The third-order valence-electron chi connectivity index (χ3n) is 2.34. The summed E-state index contributed by atoms with van der Waals surface area (Å²) in [6.07, 6.45) is 0. The molecule has 0 aliphatic rings. The SMILES string of the molecule is COC(=O)C(C)C(C)Sc1ccccc1. The van der Waals surface area contributed by atoms with Crippen LogP contribution in [0.2, 0.25) is 0 Å². The van der Waals surface area contributed by atoms with E-state index in [2.05, 4.69) is 0 Å². The lowest BCUT2D eigenvalue weighted by Crippen LogP contribution is -2.21. The summed E-state index contributed by atoms with van der Waals surface area (Å²) in [5.41, 5.74) is 0. The molecule has 2 unspecified atom stereocenters. The lowest BCUT2D eigenvalue weighted by atomic mass is 10.1. The van der Waals surface area contributed by atoms with E-state index in [0.717, 1.165) is 0 Å². The van der Waals surface area contributed by atoms with Crippen molar-refractivity contribution in [1.82, 2.24) is 0 Å². The van der Waals surface area contributed by atoms with Gasteiger partial charge in [0.15, 0.2) is 0 Å². The molecular formula is C12H16O2S. The van der Waals surface area contributed by atoms with Crippen molar-refractivity contribution >= 4 is 17.7 Å². The second-order valence-electron chi connectivity index (χ2n) is 3.45. The van der Waals surface area contributed by atoms with Gasteiger partial charge in [0.25, 0.3) is 0 Å². The highest BCUT2D eigenvalue weighted by Crippen LogP contribution is 2.27. The van der Waals surface area contributed by atoms with Crippen LogP contribution < -0.4 is 0 Å². The minimum Gasteiger partial charge on any atom is -0.469 e. The Morgan fingerprint density at radius 1 is 1.27 bits per heavy atom. The Morgan fingerprint density at radius 2 is 1.87 bits per heavy atom. The molecular weight excluding hydrogens is 208 g/mol. The van der Waals surface area contributed by atoms with Crippen LogP contribution in [0.25, 0.3) is 0 Å². The summed E-state index contributed by atoms with van der Waals surface area (Å²) in [5.74, 6) is -0.230. The Kier molecular flexibility index (Phi) is 4.69. The summed E-state index contributed by atoms with van der Waals surface area (Å²) in [5, 5.41) is 0.222. The molecule has 0 saturated carbocycles. The molecule has 0 spiro atoms. The van der Waals surface area contributed by atoms with Crippen molar-refractivity contribution in [2.24, 2.45) is 5.92 Å². The van der Waals surface area contributed by atoms with Crippen molar-refractivity contribution in [3.63, 3.8) is 0 Å². The fourth-order valence-corrected chi connectivity index (χ4v) is 2.25. The molecule has 0 heterocycles. The van der Waals surface area contributed by atoms with Gasteiger partial charge in [-0.15, -0.1) is 11.8 Å². The van der Waals surface area contributed by atoms with Crippen LogP contribution in [0.3, 0.4) is 0 Å². The van der Waals surface area contributed by atoms with Crippen LogP contribution in [0.1, 0.15) is 13.8 Å². The highest BCUT2D eigenvalue weighted by atomic mass is 32.2. The summed E-state index contributed by atoms with van der Waals surface area (Å²) in [4.78, 5) is 12.5. The molecule has 2 nitrogen and oxygen atoms in total. The fourth-order valence-electron chi connectivity index (χ4n) is 1.19. The topological polar surface area (TPSA) is 26.3 Å². The molecule has 1 aromatic carbocycles. The molecule has 0 amide bonds. The van der Waals surface area contributed by atoms with E-state index in [-0.39, 0.29) is 17.1 Å². The van der Waals surface area contributed by atoms with Crippen molar-refractivity contribution in [1.29, 1.82) is 0 Å². The monoisotopic (exact) mass is 224 g/mol. The third-order valence-corrected chi connectivity index (χ3v) is 3.67. The Morgan fingerprint density at radius 3 is 2.40 bits per heavy atom. The number of rotatable bonds is 4. The van der Waals surface area contributed by atoms with Gasteiger partial charge in [0.1, 0.15) is 0 Å². The summed E-state index contributed by atoms with van der Waals surface area (Å²) in [6.45, 7) is 3.94. The Balaban J connectivity index is 2.56. The number of hydrogen-bond donors (Lipinski definition) is 0. The summed E-state index contributed by atoms with van der Waals surface area (Å²) in [7, 11) is 1.43. The largest absolute Gasteiger partial charge is 0.469 e. The van der Waals surface area contributed by atoms with E-state index < -0.39 is 0 Å². The van der Waals surface area contributed by atoms with Crippen LogP contribution in [-0.2, 0) is 9.53 Å². The second kappa shape index (κ2) is 5.81. The summed E-state index contributed by atoms with van der Waals surface area (Å²) >= 11 is 1.69. The molecule has 0 aromatic heterocycles. The maximum absolute atomic E-state index is 11.3. The molecule has 0 radical (unpaired) electrons. The van der Waals surface area contributed by atoms with Crippen molar-refractivity contribution in [2.45, 2.75) is 24.0 Å². The summed E-state index contributed by atoms with van der Waals surface area (Å²) < 4.78 is 4.72. The van der Waals surface area contributed by atoms with Crippen molar-refractivity contribution in [3.05, 3.63) is 30.3 Å².